The lowest BCUT2D eigenvalue weighted by Crippen LogP contribution is -2.60. The standard InChI is InChI=1S/C21H19Cl2N7O2/c1-28-7-13(6-25-28)12-4-18-20(24-11-26-30(18)8-12)29-9-15(10-29)27-21(32)19(31)16-3-2-14(22)5-17(16)23/h2-8,11,15,19,31H,9-10H2,1H3,(H,27,32). The molecule has 5 rings (SSSR count). The number of hydrogen-bond donors (Lipinski definition) is 2. The fourth-order valence-corrected chi connectivity index (χ4v) is 4.29. The normalized spacial score (nSPS) is 15.1. The molecule has 1 saturated heterocycles. The first-order chi connectivity index (χ1) is 15.4. The second-order valence-corrected chi connectivity index (χ2v) is 8.57. The number of benzene rings is 1. The van der Waals surface area contributed by atoms with Crippen LogP contribution >= 0.6 is 23.2 Å². The van der Waals surface area contributed by atoms with Crippen molar-refractivity contribution in [1.82, 2.24) is 29.7 Å². The SMILES string of the molecule is Cn1cc(-c2cc3c(N4CC(NC(=O)C(O)c5ccc(Cl)cc5Cl)C4)ncnn3c2)cn1. The van der Waals surface area contributed by atoms with Crippen molar-refractivity contribution in [3.8, 4) is 11.1 Å². The number of carbonyl (C=O) groups is 1. The van der Waals surface area contributed by atoms with Crippen molar-refractivity contribution in [1.29, 1.82) is 0 Å². The second kappa shape index (κ2) is 8.09. The van der Waals surface area contributed by atoms with Gasteiger partial charge >= 0.3 is 0 Å². The van der Waals surface area contributed by atoms with Crippen molar-refractivity contribution >= 4 is 40.4 Å². The van der Waals surface area contributed by atoms with Gasteiger partial charge in [-0.2, -0.15) is 10.2 Å². The Bertz CT molecular complexity index is 1310. The number of fused-ring (bicyclic) bond motifs is 1. The molecule has 3 aromatic heterocycles. The van der Waals surface area contributed by atoms with E-state index in [1.165, 1.54) is 12.4 Å². The van der Waals surface area contributed by atoms with Gasteiger partial charge in [0.05, 0.1) is 12.2 Å². The molecule has 1 atom stereocenters. The molecule has 1 aliphatic rings. The number of rotatable bonds is 5. The quantitative estimate of drug-likeness (QED) is 0.463. The largest absolute Gasteiger partial charge is 0.378 e. The van der Waals surface area contributed by atoms with Crippen molar-refractivity contribution in [2.24, 2.45) is 7.05 Å². The third kappa shape index (κ3) is 3.79. The van der Waals surface area contributed by atoms with Crippen LogP contribution in [0.5, 0.6) is 0 Å². The summed E-state index contributed by atoms with van der Waals surface area (Å²) in [5, 5.41) is 22.4. The summed E-state index contributed by atoms with van der Waals surface area (Å²) < 4.78 is 3.53. The zero-order valence-electron chi connectivity index (χ0n) is 17.0. The van der Waals surface area contributed by atoms with Gasteiger partial charge in [-0.1, -0.05) is 29.3 Å². The van der Waals surface area contributed by atoms with Gasteiger partial charge in [-0.25, -0.2) is 9.50 Å². The summed E-state index contributed by atoms with van der Waals surface area (Å²) in [4.78, 5) is 19.0. The van der Waals surface area contributed by atoms with Crippen LogP contribution in [0.25, 0.3) is 16.6 Å². The molecule has 2 N–H and O–H groups in total. The van der Waals surface area contributed by atoms with Crippen LogP contribution in [0.1, 0.15) is 11.7 Å². The lowest BCUT2D eigenvalue weighted by Gasteiger charge is -2.40. The van der Waals surface area contributed by atoms with Gasteiger partial charge in [0.2, 0.25) is 0 Å². The molecular formula is C21H19Cl2N7O2. The summed E-state index contributed by atoms with van der Waals surface area (Å²) in [5.74, 6) is 0.273. The van der Waals surface area contributed by atoms with E-state index in [1.807, 2.05) is 25.5 Å². The Morgan fingerprint density at radius 3 is 2.72 bits per heavy atom. The van der Waals surface area contributed by atoms with E-state index in [9.17, 15) is 9.90 Å². The summed E-state index contributed by atoms with van der Waals surface area (Å²) >= 11 is 12.0. The van der Waals surface area contributed by atoms with Crippen LogP contribution in [0.4, 0.5) is 5.82 Å². The maximum absolute atomic E-state index is 12.5. The Balaban J connectivity index is 1.27. The third-order valence-corrected chi connectivity index (χ3v) is 6.02. The molecule has 1 unspecified atom stereocenters. The summed E-state index contributed by atoms with van der Waals surface area (Å²) in [7, 11) is 1.87. The number of aliphatic hydroxyl groups is 1. The number of anilines is 1. The van der Waals surface area contributed by atoms with Crippen LogP contribution in [0.3, 0.4) is 0 Å². The molecule has 1 amide bonds. The molecule has 1 aliphatic heterocycles. The van der Waals surface area contributed by atoms with E-state index < -0.39 is 12.0 Å². The fourth-order valence-electron chi connectivity index (χ4n) is 3.78. The highest BCUT2D eigenvalue weighted by molar-refractivity contribution is 6.35. The van der Waals surface area contributed by atoms with Crippen LogP contribution < -0.4 is 10.2 Å². The van der Waals surface area contributed by atoms with Crippen molar-refractivity contribution in [3.05, 3.63) is 64.8 Å². The summed E-state index contributed by atoms with van der Waals surface area (Å²) in [6.45, 7) is 1.12. The fraction of sp³-hybridized carbons (Fsp3) is 0.238. The van der Waals surface area contributed by atoms with Gasteiger partial charge in [0.25, 0.3) is 5.91 Å². The van der Waals surface area contributed by atoms with Gasteiger partial charge in [0.1, 0.15) is 11.8 Å². The van der Waals surface area contributed by atoms with Crippen molar-refractivity contribution in [3.63, 3.8) is 0 Å². The van der Waals surface area contributed by atoms with Crippen LogP contribution in [0.2, 0.25) is 10.0 Å². The number of aryl methyl sites for hydroxylation is 1. The van der Waals surface area contributed by atoms with Gasteiger partial charge in [-0.15, -0.1) is 0 Å². The number of carbonyl (C=O) groups excluding carboxylic acids is 1. The molecule has 0 radical (unpaired) electrons. The number of nitrogens with zero attached hydrogens (tertiary/aromatic N) is 6. The average Bonchev–Trinajstić information content (AvgIpc) is 3.35. The van der Waals surface area contributed by atoms with Gasteiger partial charge in [0, 0.05) is 59.3 Å². The summed E-state index contributed by atoms with van der Waals surface area (Å²) in [5.41, 5.74) is 3.17. The first kappa shape index (κ1) is 20.7. The number of aliphatic hydroxyl groups excluding tert-OH is 1. The predicted molar refractivity (Wildman–Crippen MR) is 121 cm³/mol. The van der Waals surface area contributed by atoms with Crippen LogP contribution in [-0.4, -0.2) is 54.5 Å². The monoisotopic (exact) mass is 471 g/mol. The summed E-state index contributed by atoms with van der Waals surface area (Å²) in [6.07, 6.45) is 5.81. The highest BCUT2D eigenvalue weighted by Gasteiger charge is 2.32. The van der Waals surface area contributed by atoms with Crippen LogP contribution in [0.15, 0.2) is 49.2 Å². The van der Waals surface area contributed by atoms with Crippen molar-refractivity contribution < 1.29 is 9.90 Å². The Hall–Kier alpha value is -3.14. The van der Waals surface area contributed by atoms with Crippen molar-refractivity contribution in [2.75, 3.05) is 18.0 Å². The minimum Gasteiger partial charge on any atom is -0.378 e. The zero-order chi connectivity index (χ0) is 22.4. The predicted octanol–water partition coefficient (Wildman–Crippen LogP) is 2.47. The molecule has 0 spiro atoms. The minimum absolute atomic E-state index is 0.119. The number of aromatic nitrogens is 5. The Kier molecular flexibility index (Phi) is 5.24. The van der Waals surface area contributed by atoms with Gasteiger partial charge < -0.3 is 15.3 Å². The molecule has 0 saturated carbocycles. The lowest BCUT2D eigenvalue weighted by atomic mass is 10.1. The van der Waals surface area contributed by atoms with Crippen LogP contribution in [0, 0.1) is 0 Å². The first-order valence-electron chi connectivity index (χ1n) is 9.90. The number of halogens is 2. The molecule has 4 aromatic rings. The molecule has 9 nitrogen and oxygen atoms in total. The highest BCUT2D eigenvalue weighted by atomic mass is 35.5. The van der Waals surface area contributed by atoms with Gasteiger partial charge in [-0.3, -0.25) is 9.48 Å². The van der Waals surface area contributed by atoms with Gasteiger partial charge in [0.15, 0.2) is 11.9 Å². The minimum atomic E-state index is -1.37. The number of nitrogens with one attached hydrogen (secondary N) is 1. The van der Waals surface area contributed by atoms with E-state index in [0.717, 1.165) is 22.5 Å². The molecule has 32 heavy (non-hydrogen) atoms. The highest BCUT2D eigenvalue weighted by Crippen LogP contribution is 2.30. The molecule has 0 bridgehead atoms. The lowest BCUT2D eigenvalue weighted by molar-refractivity contribution is -0.130. The van der Waals surface area contributed by atoms with Gasteiger partial charge in [-0.05, 0) is 18.2 Å². The number of amides is 1. The summed E-state index contributed by atoms with van der Waals surface area (Å²) in [6, 6.07) is 6.53. The molecule has 1 aromatic carbocycles. The Morgan fingerprint density at radius 2 is 2.00 bits per heavy atom. The molecular weight excluding hydrogens is 453 g/mol. The topological polar surface area (TPSA) is 101 Å². The van der Waals surface area contributed by atoms with E-state index >= 15 is 0 Å². The smallest absolute Gasteiger partial charge is 0.253 e. The molecule has 4 heterocycles. The Morgan fingerprint density at radius 1 is 1.19 bits per heavy atom. The zero-order valence-corrected chi connectivity index (χ0v) is 18.5. The molecule has 1 fully saturated rings. The van der Waals surface area contributed by atoms with E-state index in [2.05, 4.69) is 25.4 Å². The Labute approximate surface area is 193 Å². The number of hydrogen-bond acceptors (Lipinski definition) is 6. The van der Waals surface area contributed by atoms with E-state index in [4.69, 9.17) is 23.2 Å². The first-order valence-corrected chi connectivity index (χ1v) is 10.7. The maximum atomic E-state index is 12.5. The average molecular weight is 472 g/mol. The van der Waals surface area contributed by atoms with E-state index in [-0.39, 0.29) is 11.1 Å². The maximum Gasteiger partial charge on any atom is 0.253 e. The molecule has 164 valence electrons. The van der Waals surface area contributed by atoms with Crippen LogP contribution in [-0.2, 0) is 11.8 Å². The van der Waals surface area contributed by atoms with Crippen molar-refractivity contribution in [2.45, 2.75) is 12.1 Å². The van der Waals surface area contributed by atoms with E-state index in [0.29, 0.717) is 23.7 Å². The van der Waals surface area contributed by atoms with E-state index in [1.54, 1.807) is 27.5 Å². The third-order valence-electron chi connectivity index (χ3n) is 5.46. The molecule has 0 aliphatic carbocycles. The second-order valence-electron chi connectivity index (χ2n) is 7.72. The molecule has 11 heteroatoms.